The van der Waals surface area contributed by atoms with Gasteiger partial charge < -0.3 is 21.4 Å². The van der Waals surface area contributed by atoms with Gasteiger partial charge in [0.15, 0.2) is 0 Å². The maximum absolute atomic E-state index is 13.7. The van der Waals surface area contributed by atoms with Crippen molar-refractivity contribution in [2.45, 2.75) is 51.6 Å². The molecule has 6 N–H and O–H groups in total. The molecule has 0 bridgehead atoms. The van der Waals surface area contributed by atoms with Gasteiger partial charge in [-0.05, 0) is 36.3 Å². The van der Waals surface area contributed by atoms with E-state index in [1.165, 1.54) is 12.5 Å². The number of urea groups is 1. The van der Waals surface area contributed by atoms with Gasteiger partial charge >= 0.3 is 6.03 Å². The summed E-state index contributed by atoms with van der Waals surface area (Å²) < 4.78 is 0. The number of rotatable bonds is 14. The normalized spacial score (nSPS) is 12.8. The Balaban J connectivity index is 1.80. The van der Waals surface area contributed by atoms with Crippen LogP contribution in [-0.4, -0.2) is 46.1 Å². The van der Waals surface area contributed by atoms with E-state index >= 15 is 0 Å². The zero-order valence-electron chi connectivity index (χ0n) is 22.3. The van der Waals surface area contributed by atoms with Crippen LogP contribution in [0.5, 0.6) is 0 Å². The number of primary amides is 1. The Morgan fingerprint density at radius 3 is 2.05 bits per heavy atom. The molecular formula is C29H37N7O3. The number of hydrazone groups is 1. The molecule has 0 unspecified atom stereocenters. The van der Waals surface area contributed by atoms with Crippen molar-refractivity contribution in [3.63, 3.8) is 0 Å². The molecule has 39 heavy (non-hydrogen) atoms. The first-order valence-electron chi connectivity index (χ1n) is 13.0. The molecule has 0 saturated heterocycles. The number of aromatic nitrogens is 2. The molecule has 0 aliphatic rings. The fourth-order valence-electron chi connectivity index (χ4n) is 4.31. The van der Waals surface area contributed by atoms with Gasteiger partial charge in [0.25, 0.3) is 0 Å². The second-order valence-corrected chi connectivity index (χ2v) is 9.92. The fourth-order valence-corrected chi connectivity index (χ4v) is 4.31. The molecule has 0 spiro atoms. The number of carbonyl (C=O) groups is 3. The van der Waals surface area contributed by atoms with Gasteiger partial charge in [-0.15, -0.1) is 0 Å². The van der Waals surface area contributed by atoms with Crippen LogP contribution in [0.3, 0.4) is 0 Å². The molecule has 0 radical (unpaired) electrons. The zero-order chi connectivity index (χ0) is 28.0. The number of hydrogen-bond donors (Lipinski definition) is 5. The van der Waals surface area contributed by atoms with Crippen LogP contribution >= 0.6 is 0 Å². The number of amides is 4. The number of nitrogens with zero attached hydrogens (tertiary/aromatic N) is 2. The summed E-state index contributed by atoms with van der Waals surface area (Å²) in [6.45, 7) is 4.02. The molecule has 1 heterocycles. The Labute approximate surface area is 228 Å². The number of nitrogens with two attached hydrogens (primary N) is 1. The van der Waals surface area contributed by atoms with Gasteiger partial charge in [0.05, 0.1) is 12.4 Å². The van der Waals surface area contributed by atoms with Crippen molar-refractivity contribution in [2.24, 2.45) is 22.7 Å². The molecule has 1 aromatic heterocycles. The summed E-state index contributed by atoms with van der Waals surface area (Å²) in [7, 11) is 0. The summed E-state index contributed by atoms with van der Waals surface area (Å²) in [5.74, 6) is -0.740. The predicted octanol–water partition coefficient (Wildman–Crippen LogP) is 2.72. The standard InChI is InChI=1S/C29H37N7O3/c1-20(2)13-25(18-33-36-29(30)39)34-28(38)26(16-24-17-31-19-32-24)35-27(37)23(14-21-9-5-3-6-10-21)15-22-11-7-4-8-12-22/h3-12,17-20,23,25-26H,13-16H2,1-2H3,(H,31,32)(H,34,38)(H,35,37)(H3,30,36,39)/t25-,26-/m0/s1. The van der Waals surface area contributed by atoms with Gasteiger partial charge in [0, 0.05) is 30.4 Å². The van der Waals surface area contributed by atoms with Crippen LogP contribution in [0.15, 0.2) is 78.3 Å². The number of aromatic amines is 1. The number of hydrogen-bond acceptors (Lipinski definition) is 5. The molecule has 4 amide bonds. The van der Waals surface area contributed by atoms with E-state index in [4.69, 9.17) is 5.73 Å². The average Bonchev–Trinajstić information content (AvgIpc) is 3.41. The van der Waals surface area contributed by atoms with E-state index in [0.29, 0.717) is 25.0 Å². The van der Waals surface area contributed by atoms with Gasteiger partial charge in [0.2, 0.25) is 11.8 Å². The van der Waals surface area contributed by atoms with E-state index in [0.717, 1.165) is 11.1 Å². The van der Waals surface area contributed by atoms with Crippen LogP contribution < -0.4 is 21.8 Å². The molecule has 0 saturated carbocycles. The number of carbonyl (C=O) groups excluding carboxylic acids is 3. The number of benzene rings is 2. The maximum atomic E-state index is 13.7. The molecule has 0 fully saturated rings. The first kappa shape index (κ1) is 29.1. The van der Waals surface area contributed by atoms with Crippen LogP contribution in [0.4, 0.5) is 4.79 Å². The van der Waals surface area contributed by atoms with Crippen LogP contribution in [-0.2, 0) is 28.9 Å². The SMILES string of the molecule is CC(C)C[C@@H](C=NNC(N)=O)NC(=O)[C@H](Cc1cnc[nH]1)NC(=O)C(Cc1ccccc1)Cc1ccccc1. The topological polar surface area (TPSA) is 154 Å². The molecule has 3 aromatic rings. The lowest BCUT2D eigenvalue weighted by Gasteiger charge is -2.25. The minimum Gasteiger partial charge on any atom is -0.350 e. The molecule has 10 nitrogen and oxygen atoms in total. The van der Waals surface area contributed by atoms with Crippen LogP contribution in [0.2, 0.25) is 0 Å². The number of H-pyrrole nitrogens is 1. The summed E-state index contributed by atoms with van der Waals surface area (Å²) in [5, 5.41) is 9.77. The lowest BCUT2D eigenvalue weighted by Crippen LogP contribution is -2.53. The van der Waals surface area contributed by atoms with Crippen molar-refractivity contribution in [1.29, 1.82) is 0 Å². The van der Waals surface area contributed by atoms with E-state index in [-0.39, 0.29) is 30.1 Å². The Hall–Kier alpha value is -4.47. The maximum Gasteiger partial charge on any atom is 0.332 e. The summed E-state index contributed by atoms with van der Waals surface area (Å²) in [6, 6.07) is 17.5. The molecule has 2 aromatic carbocycles. The lowest BCUT2D eigenvalue weighted by molar-refractivity contribution is -0.131. The molecule has 3 rings (SSSR count). The van der Waals surface area contributed by atoms with Gasteiger partial charge in [0.1, 0.15) is 6.04 Å². The highest BCUT2D eigenvalue weighted by atomic mass is 16.2. The highest BCUT2D eigenvalue weighted by Crippen LogP contribution is 2.16. The van der Waals surface area contributed by atoms with E-state index in [9.17, 15) is 14.4 Å². The zero-order valence-corrected chi connectivity index (χ0v) is 22.3. The first-order chi connectivity index (χ1) is 18.8. The predicted molar refractivity (Wildman–Crippen MR) is 151 cm³/mol. The third-order valence-electron chi connectivity index (χ3n) is 6.11. The average molecular weight is 532 g/mol. The third-order valence-corrected chi connectivity index (χ3v) is 6.11. The quantitative estimate of drug-likeness (QED) is 0.160. The fraction of sp³-hybridized carbons (Fsp3) is 0.345. The summed E-state index contributed by atoms with van der Waals surface area (Å²) in [6.07, 6.45) is 6.45. The highest BCUT2D eigenvalue weighted by Gasteiger charge is 2.28. The minimum atomic E-state index is -0.862. The van der Waals surface area contributed by atoms with Crippen molar-refractivity contribution >= 4 is 24.1 Å². The van der Waals surface area contributed by atoms with Crippen LogP contribution in [0.1, 0.15) is 37.1 Å². The van der Waals surface area contributed by atoms with E-state index < -0.39 is 18.1 Å². The minimum absolute atomic E-state index is 0.216. The van der Waals surface area contributed by atoms with E-state index in [1.807, 2.05) is 74.5 Å². The summed E-state index contributed by atoms with van der Waals surface area (Å²) in [5.41, 5.74) is 10.0. The van der Waals surface area contributed by atoms with Crippen molar-refractivity contribution in [1.82, 2.24) is 26.0 Å². The molecule has 0 aliphatic carbocycles. The Morgan fingerprint density at radius 2 is 1.54 bits per heavy atom. The van der Waals surface area contributed by atoms with Gasteiger partial charge in [-0.1, -0.05) is 74.5 Å². The van der Waals surface area contributed by atoms with Gasteiger partial charge in [-0.2, -0.15) is 5.10 Å². The van der Waals surface area contributed by atoms with E-state index in [1.54, 1.807) is 6.20 Å². The monoisotopic (exact) mass is 531 g/mol. The number of nitrogens with one attached hydrogen (secondary N) is 4. The smallest absolute Gasteiger partial charge is 0.332 e. The molecule has 206 valence electrons. The van der Waals surface area contributed by atoms with Crippen molar-refractivity contribution < 1.29 is 14.4 Å². The summed E-state index contributed by atoms with van der Waals surface area (Å²) in [4.78, 5) is 45.3. The second-order valence-electron chi connectivity index (χ2n) is 9.92. The highest BCUT2D eigenvalue weighted by molar-refractivity contribution is 5.90. The Morgan fingerprint density at radius 1 is 0.923 bits per heavy atom. The lowest BCUT2D eigenvalue weighted by atomic mass is 9.91. The molecule has 2 atom stereocenters. The Bertz CT molecular complexity index is 1160. The van der Waals surface area contributed by atoms with Crippen LogP contribution in [0.25, 0.3) is 0 Å². The number of imidazole rings is 1. The molecule has 10 heteroatoms. The Kier molecular flexibility index (Phi) is 11.2. The molecule has 0 aliphatic heterocycles. The largest absolute Gasteiger partial charge is 0.350 e. The van der Waals surface area contributed by atoms with Crippen molar-refractivity contribution in [3.05, 3.63) is 90.0 Å². The van der Waals surface area contributed by atoms with Gasteiger partial charge in [-0.25, -0.2) is 15.2 Å². The third kappa shape index (κ3) is 10.4. The molecular weight excluding hydrogens is 494 g/mol. The van der Waals surface area contributed by atoms with E-state index in [2.05, 4.69) is 31.1 Å². The van der Waals surface area contributed by atoms with Gasteiger partial charge in [-0.3, -0.25) is 9.59 Å². The van der Waals surface area contributed by atoms with Crippen LogP contribution in [0, 0.1) is 11.8 Å². The summed E-state index contributed by atoms with van der Waals surface area (Å²) >= 11 is 0. The van der Waals surface area contributed by atoms with Crippen molar-refractivity contribution in [3.8, 4) is 0 Å². The van der Waals surface area contributed by atoms with Crippen molar-refractivity contribution in [2.75, 3.05) is 0 Å². The first-order valence-corrected chi connectivity index (χ1v) is 13.0. The second kappa shape index (κ2) is 15.1.